The monoisotopic (exact) mass is 329 g/mol. The molecular weight excluding hydrogens is 298 g/mol. The highest BCUT2D eigenvalue weighted by Crippen LogP contribution is 2.18. The quantitative estimate of drug-likeness (QED) is 0.870. The van der Waals surface area contributed by atoms with Gasteiger partial charge in [-0.1, -0.05) is 50.3 Å². The van der Waals surface area contributed by atoms with E-state index in [4.69, 9.17) is 0 Å². The van der Waals surface area contributed by atoms with Gasteiger partial charge in [0.2, 0.25) is 5.91 Å². The summed E-state index contributed by atoms with van der Waals surface area (Å²) in [5, 5.41) is 6.84. The molecule has 24 heavy (non-hydrogen) atoms. The second-order valence-electron chi connectivity index (χ2n) is 7.34. The van der Waals surface area contributed by atoms with Gasteiger partial charge in [0.15, 0.2) is 0 Å². The van der Waals surface area contributed by atoms with Crippen LogP contribution in [0.4, 0.5) is 5.69 Å². The van der Waals surface area contributed by atoms with Crippen molar-refractivity contribution in [2.24, 2.45) is 0 Å². The van der Waals surface area contributed by atoms with E-state index in [-0.39, 0.29) is 5.91 Å². The average molecular weight is 329 g/mol. The Kier molecular flexibility index (Phi) is 6.53. The van der Waals surface area contributed by atoms with Crippen molar-refractivity contribution in [3.05, 3.63) is 30.3 Å². The van der Waals surface area contributed by atoms with Gasteiger partial charge in [-0.3, -0.25) is 9.69 Å². The molecule has 2 aliphatic rings. The zero-order valence-electron chi connectivity index (χ0n) is 14.7. The molecule has 3 rings (SSSR count). The number of benzene rings is 1. The molecule has 1 heterocycles. The first-order chi connectivity index (χ1) is 11.8. The zero-order valence-corrected chi connectivity index (χ0v) is 14.7. The Morgan fingerprint density at radius 1 is 0.958 bits per heavy atom. The molecule has 0 aromatic heterocycles. The number of anilines is 1. The van der Waals surface area contributed by atoms with Gasteiger partial charge in [0.25, 0.3) is 0 Å². The SMILES string of the molecule is O=C(CN1CCC(Nc2ccccc2)C1)NC1CCCCCCC1. The molecule has 1 aliphatic heterocycles. The molecule has 4 nitrogen and oxygen atoms in total. The molecule has 1 saturated carbocycles. The lowest BCUT2D eigenvalue weighted by Crippen LogP contribution is -2.42. The van der Waals surface area contributed by atoms with Crippen molar-refractivity contribution in [2.45, 2.75) is 63.5 Å². The Bertz CT molecular complexity index is 497. The number of carbonyl (C=O) groups is 1. The summed E-state index contributed by atoms with van der Waals surface area (Å²) in [6, 6.07) is 11.2. The molecule has 1 unspecified atom stereocenters. The molecule has 2 fully saturated rings. The van der Waals surface area contributed by atoms with E-state index in [9.17, 15) is 4.79 Å². The van der Waals surface area contributed by atoms with Gasteiger partial charge in [0.1, 0.15) is 0 Å². The van der Waals surface area contributed by atoms with Crippen LogP contribution in [0, 0.1) is 0 Å². The normalized spacial score (nSPS) is 23.4. The molecule has 0 spiro atoms. The van der Waals surface area contributed by atoms with Gasteiger partial charge in [0.05, 0.1) is 6.54 Å². The standard InChI is InChI=1S/C20H31N3O/c24-20(22-18-11-5-2-1-3-6-12-18)16-23-14-13-19(15-23)21-17-9-7-4-8-10-17/h4,7-10,18-19,21H,1-3,5-6,11-16H2,(H,22,24). The summed E-state index contributed by atoms with van der Waals surface area (Å²) in [4.78, 5) is 14.6. The summed E-state index contributed by atoms with van der Waals surface area (Å²) in [6.45, 7) is 2.50. The van der Waals surface area contributed by atoms with Gasteiger partial charge < -0.3 is 10.6 Å². The molecule has 132 valence electrons. The first-order valence-corrected chi connectivity index (χ1v) is 9.63. The number of hydrogen-bond acceptors (Lipinski definition) is 3. The summed E-state index contributed by atoms with van der Waals surface area (Å²) in [5.74, 6) is 0.209. The Hall–Kier alpha value is -1.55. The van der Waals surface area contributed by atoms with Crippen LogP contribution in [-0.2, 0) is 4.79 Å². The Morgan fingerprint density at radius 2 is 1.67 bits per heavy atom. The van der Waals surface area contributed by atoms with Crippen LogP contribution in [0.1, 0.15) is 51.4 Å². The Labute approximate surface area is 146 Å². The molecule has 1 atom stereocenters. The fourth-order valence-corrected chi connectivity index (χ4v) is 3.94. The Morgan fingerprint density at radius 3 is 2.42 bits per heavy atom. The average Bonchev–Trinajstić information content (AvgIpc) is 2.98. The van der Waals surface area contributed by atoms with Crippen molar-refractivity contribution in [3.63, 3.8) is 0 Å². The zero-order chi connectivity index (χ0) is 16.6. The van der Waals surface area contributed by atoms with Crippen molar-refractivity contribution in [3.8, 4) is 0 Å². The van der Waals surface area contributed by atoms with Crippen molar-refractivity contribution >= 4 is 11.6 Å². The number of likely N-dealkylation sites (tertiary alicyclic amines) is 1. The van der Waals surface area contributed by atoms with Gasteiger partial charge >= 0.3 is 0 Å². The highest BCUT2D eigenvalue weighted by atomic mass is 16.2. The maximum atomic E-state index is 12.4. The summed E-state index contributed by atoms with van der Waals surface area (Å²) < 4.78 is 0. The molecular formula is C20H31N3O. The van der Waals surface area contributed by atoms with Gasteiger partial charge in [-0.2, -0.15) is 0 Å². The van der Waals surface area contributed by atoms with E-state index in [2.05, 4.69) is 39.8 Å². The lowest BCUT2D eigenvalue weighted by Gasteiger charge is -2.23. The van der Waals surface area contributed by atoms with E-state index in [1.54, 1.807) is 0 Å². The second kappa shape index (κ2) is 9.07. The molecule has 0 radical (unpaired) electrons. The third kappa shape index (κ3) is 5.52. The van der Waals surface area contributed by atoms with E-state index < -0.39 is 0 Å². The van der Waals surface area contributed by atoms with Crippen LogP contribution in [0.5, 0.6) is 0 Å². The number of hydrogen-bond donors (Lipinski definition) is 2. The highest BCUT2D eigenvalue weighted by Gasteiger charge is 2.24. The summed E-state index contributed by atoms with van der Waals surface area (Å²) in [5.41, 5.74) is 1.17. The third-order valence-corrected chi connectivity index (χ3v) is 5.25. The lowest BCUT2D eigenvalue weighted by molar-refractivity contribution is -0.122. The fraction of sp³-hybridized carbons (Fsp3) is 0.650. The van der Waals surface area contributed by atoms with Crippen LogP contribution in [0.2, 0.25) is 0 Å². The van der Waals surface area contributed by atoms with E-state index in [0.29, 0.717) is 18.6 Å². The van der Waals surface area contributed by atoms with E-state index in [1.165, 1.54) is 37.8 Å². The topological polar surface area (TPSA) is 44.4 Å². The minimum absolute atomic E-state index is 0.209. The van der Waals surface area contributed by atoms with Crippen molar-refractivity contribution < 1.29 is 4.79 Å². The van der Waals surface area contributed by atoms with Crippen LogP contribution >= 0.6 is 0 Å². The van der Waals surface area contributed by atoms with Crippen molar-refractivity contribution in [1.82, 2.24) is 10.2 Å². The van der Waals surface area contributed by atoms with Crippen LogP contribution in [0.15, 0.2) is 30.3 Å². The minimum Gasteiger partial charge on any atom is -0.381 e. The van der Waals surface area contributed by atoms with Gasteiger partial charge in [-0.25, -0.2) is 0 Å². The Balaban J connectivity index is 1.39. The van der Waals surface area contributed by atoms with E-state index in [0.717, 1.165) is 32.4 Å². The number of carbonyl (C=O) groups excluding carboxylic acids is 1. The third-order valence-electron chi connectivity index (χ3n) is 5.25. The molecule has 1 aromatic carbocycles. The first-order valence-electron chi connectivity index (χ1n) is 9.63. The minimum atomic E-state index is 0.209. The highest BCUT2D eigenvalue weighted by molar-refractivity contribution is 5.78. The number of amides is 1. The first kappa shape index (κ1) is 17.3. The van der Waals surface area contributed by atoms with E-state index in [1.807, 2.05) is 6.07 Å². The predicted octanol–water partition coefficient (Wildman–Crippen LogP) is 3.40. The van der Waals surface area contributed by atoms with Crippen molar-refractivity contribution in [2.75, 3.05) is 25.0 Å². The van der Waals surface area contributed by atoms with Crippen molar-refractivity contribution in [1.29, 1.82) is 0 Å². The maximum Gasteiger partial charge on any atom is 0.234 e. The molecule has 1 saturated heterocycles. The molecule has 4 heteroatoms. The number of nitrogens with one attached hydrogen (secondary N) is 2. The molecule has 1 aromatic rings. The predicted molar refractivity (Wildman–Crippen MR) is 99.2 cm³/mol. The summed E-state index contributed by atoms with van der Waals surface area (Å²) in [7, 11) is 0. The lowest BCUT2D eigenvalue weighted by atomic mass is 9.97. The molecule has 0 bridgehead atoms. The van der Waals surface area contributed by atoms with Gasteiger partial charge in [-0.05, 0) is 31.4 Å². The second-order valence-corrected chi connectivity index (χ2v) is 7.34. The molecule has 2 N–H and O–H groups in total. The van der Waals surface area contributed by atoms with Gasteiger partial charge in [-0.15, -0.1) is 0 Å². The van der Waals surface area contributed by atoms with Gasteiger partial charge in [0, 0.05) is 30.9 Å². The number of nitrogens with zero attached hydrogens (tertiary/aromatic N) is 1. The molecule has 1 amide bonds. The van der Waals surface area contributed by atoms with E-state index >= 15 is 0 Å². The number of rotatable bonds is 5. The van der Waals surface area contributed by atoms with Crippen LogP contribution < -0.4 is 10.6 Å². The maximum absolute atomic E-state index is 12.4. The summed E-state index contributed by atoms with van der Waals surface area (Å²) in [6.07, 6.45) is 9.95. The smallest absolute Gasteiger partial charge is 0.234 e. The van der Waals surface area contributed by atoms with Crippen LogP contribution in [-0.4, -0.2) is 42.5 Å². The van der Waals surface area contributed by atoms with Crippen LogP contribution in [0.3, 0.4) is 0 Å². The fourth-order valence-electron chi connectivity index (χ4n) is 3.94. The van der Waals surface area contributed by atoms with Crippen LogP contribution in [0.25, 0.3) is 0 Å². The summed E-state index contributed by atoms with van der Waals surface area (Å²) >= 11 is 0. The molecule has 1 aliphatic carbocycles. The number of para-hydroxylation sites is 1. The largest absolute Gasteiger partial charge is 0.381 e.